The second-order valence-electron chi connectivity index (χ2n) is 15.0. The number of amidine groups is 1. The molecule has 0 aliphatic carbocycles. The molecule has 1 aliphatic heterocycles. The van der Waals surface area contributed by atoms with E-state index in [4.69, 9.17) is 10.2 Å². The van der Waals surface area contributed by atoms with E-state index < -0.39 is 0 Å². The van der Waals surface area contributed by atoms with Crippen LogP contribution in [0.25, 0.3) is 66.8 Å². The van der Waals surface area contributed by atoms with Crippen LogP contribution in [-0.2, 0) is 0 Å². The molecule has 0 spiro atoms. The van der Waals surface area contributed by atoms with Crippen LogP contribution in [-0.4, -0.2) is 17.2 Å². The molecular weight excluding hydrogens is 729 g/mol. The molecular formula is C56H41N4+. The molecule has 0 fully saturated rings. The molecule has 4 nitrogen and oxygen atoms in total. The third kappa shape index (κ3) is 7.83. The Bertz CT molecular complexity index is 2790. The first kappa shape index (κ1) is 36.4. The summed E-state index contributed by atoms with van der Waals surface area (Å²) in [6, 6.07) is 83.7. The predicted octanol–water partition coefficient (Wildman–Crippen LogP) is 14.6. The van der Waals surface area contributed by atoms with Crippen LogP contribution in [0, 0.1) is 0 Å². The number of azo groups is 2. The highest BCUT2D eigenvalue weighted by Gasteiger charge is 2.28. The minimum atomic E-state index is 0.395. The van der Waals surface area contributed by atoms with Gasteiger partial charge in [0.05, 0.1) is 5.69 Å². The van der Waals surface area contributed by atoms with Gasteiger partial charge in [0.2, 0.25) is 11.5 Å². The van der Waals surface area contributed by atoms with E-state index >= 15 is 0 Å². The van der Waals surface area contributed by atoms with Crippen molar-refractivity contribution >= 4 is 17.2 Å². The Kier molecular flexibility index (Phi) is 10.0. The highest BCUT2D eigenvalue weighted by Crippen LogP contribution is 2.37. The Morgan fingerprint density at radius 3 is 0.917 bits per heavy atom. The van der Waals surface area contributed by atoms with E-state index in [0.717, 1.165) is 83.7 Å². The Hall–Kier alpha value is -7.95. The standard InChI is InChI=1S/C56H41N4/c1-7-19-41(20-8-1)47-31-48(42-21-9-2-10-22-42)35-53(34-47)56-57-59(54-36-49(43-23-11-3-12-24-43)32-50(37-54)44-25-13-4-14-26-44)40-60(58-56)55-38-51(45-27-15-5-16-28-45)33-52(39-55)46-29-17-6-18-30-46/h1-39H,40H2/q+1. The first-order valence-corrected chi connectivity index (χ1v) is 20.3. The van der Waals surface area contributed by atoms with Crippen LogP contribution in [0.1, 0.15) is 5.56 Å². The highest BCUT2D eigenvalue weighted by molar-refractivity contribution is 6.02. The molecule has 0 saturated heterocycles. The summed E-state index contributed by atoms with van der Waals surface area (Å²) in [5.74, 6) is 0.619. The maximum absolute atomic E-state index is 5.44. The summed E-state index contributed by atoms with van der Waals surface area (Å²) >= 11 is 0. The summed E-state index contributed by atoms with van der Waals surface area (Å²) in [6.45, 7) is 0.395. The van der Waals surface area contributed by atoms with Crippen molar-refractivity contribution in [1.82, 2.24) is 0 Å². The Morgan fingerprint density at radius 2 is 0.583 bits per heavy atom. The minimum Gasteiger partial charge on any atom is -0.201 e. The molecule has 9 aromatic carbocycles. The second kappa shape index (κ2) is 16.5. The zero-order chi connectivity index (χ0) is 40.1. The maximum Gasteiger partial charge on any atom is 0.269 e. The van der Waals surface area contributed by atoms with Gasteiger partial charge in [0.15, 0.2) is 0 Å². The van der Waals surface area contributed by atoms with E-state index in [1.165, 1.54) is 0 Å². The van der Waals surface area contributed by atoms with Gasteiger partial charge in [-0.2, -0.15) is 0 Å². The smallest absolute Gasteiger partial charge is 0.201 e. The van der Waals surface area contributed by atoms with Crippen molar-refractivity contribution < 1.29 is 4.70 Å². The lowest BCUT2D eigenvalue weighted by molar-refractivity contribution is -0.507. The summed E-state index contributed by atoms with van der Waals surface area (Å²) < 4.78 is 2.11. The zero-order valence-electron chi connectivity index (χ0n) is 33.0. The number of rotatable bonds is 9. The molecule has 0 aromatic heterocycles. The van der Waals surface area contributed by atoms with Gasteiger partial charge in [-0.3, -0.25) is 0 Å². The summed E-state index contributed by atoms with van der Waals surface area (Å²) in [4.78, 5) is 0. The zero-order valence-corrected chi connectivity index (χ0v) is 33.0. The average molecular weight is 770 g/mol. The van der Waals surface area contributed by atoms with Crippen molar-refractivity contribution in [3.05, 3.63) is 242 Å². The first-order valence-electron chi connectivity index (χ1n) is 20.3. The third-order valence-corrected chi connectivity index (χ3v) is 11.0. The number of hydrazone groups is 1. The van der Waals surface area contributed by atoms with Crippen molar-refractivity contribution in [2.45, 2.75) is 0 Å². The molecule has 1 aliphatic rings. The summed E-state index contributed by atoms with van der Waals surface area (Å²) in [7, 11) is 0. The first-order chi connectivity index (χ1) is 29.7. The molecule has 0 atom stereocenters. The van der Waals surface area contributed by atoms with Gasteiger partial charge in [0.1, 0.15) is 0 Å². The Morgan fingerprint density at radius 1 is 0.300 bits per heavy atom. The summed E-state index contributed by atoms with van der Waals surface area (Å²) in [5, 5.41) is 13.0. The molecule has 0 unspecified atom stereocenters. The number of benzene rings is 9. The molecule has 10 rings (SSSR count). The van der Waals surface area contributed by atoms with Gasteiger partial charge in [-0.05, 0) is 109 Å². The van der Waals surface area contributed by atoms with Crippen LogP contribution in [0.3, 0.4) is 0 Å². The van der Waals surface area contributed by atoms with Crippen molar-refractivity contribution in [1.29, 1.82) is 0 Å². The Labute approximate surface area is 351 Å². The molecule has 0 N–H and O–H groups in total. The third-order valence-electron chi connectivity index (χ3n) is 11.0. The Balaban J connectivity index is 1.19. The van der Waals surface area contributed by atoms with Crippen LogP contribution in [0.2, 0.25) is 0 Å². The van der Waals surface area contributed by atoms with E-state index in [1.807, 2.05) is 0 Å². The molecule has 4 heteroatoms. The second-order valence-corrected chi connectivity index (χ2v) is 15.0. The minimum absolute atomic E-state index is 0.395. The van der Waals surface area contributed by atoms with Gasteiger partial charge in [-0.25, -0.2) is 5.01 Å². The number of anilines is 1. The average Bonchev–Trinajstić information content (AvgIpc) is 3.35. The lowest BCUT2D eigenvalue weighted by Gasteiger charge is -2.22. The highest BCUT2D eigenvalue weighted by atomic mass is 15.6. The summed E-state index contributed by atoms with van der Waals surface area (Å²) in [5.41, 5.74) is 16.4. The van der Waals surface area contributed by atoms with Crippen molar-refractivity contribution in [3.63, 3.8) is 0 Å². The molecule has 9 aromatic rings. The van der Waals surface area contributed by atoms with Gasteiger partial charge in [-0.1, -0.05) is 187 Å². The quantitative estimate of drug-likeness (QED) is 0.135. The molecule has 1 heterocycles. The maximum atomic E-state index is 5.44. The molecule has 284 valence electrons. The monoisotopic (exact) mass is 769 g/mol. The fourth-order valence-corrected chi connectivity index (χ4v) is 7.89. The van der Waals surface area contributed by atoms with Crippen LogP contribution in [0.5, 0.6) is 0 Å². The van der Waals surface area contributed by atoms with Crippen molar-refractivity contribution in [2.24, 2.45) is 10.2 Å². The molecule has 0 radical (unpaired) electrons. The molecule has 0 saturated carbocycles. The number of hydrogen-bond donors (Lipinski definition) is 0. The normalized spacial score (nSPS) is 12.4. The molecule has 60 heavy (non-hydrogen) atoms. The van der Waals surface area contributed by atoms with Gasteiger partial charge < -0.3 is 0 Å². The van der Waals surface area contributed by atoms with Gasteiger partial charge in [0, 0.05) is 22.8 Å². The van der Waals surface area contributed by atoms with Crippen LogP contribution >= 0.6 is 0 Å². The van der Waals surface area contributed by atoms with E-state index in [2.05, 4.69) is 246 Å². The van der Waals surface area contributed by atoms with Crippen LogP contribution < -0.4 is 5.01 Å². The van der Waals surface area contributed by atoms with E-state index in [1.54, 1.807) is 0 Å². The van der Waals surface area contributed by atoms with E-state index in [-0.39, 0.29) is 0 Å². The molecule has 0 amide bonds. The largest absolute Gasteiger partial charge is 0.269 e. The number of nitrogens with zero attached hydrogens (tertiary/aromatic N) is 4. The molecule has 0 bridgehead atoms. The lowest BCUT2D eigenvalue weighted by Crippen LogP contribution is -2.31. The van der Waals surface area contributed by atoms with Crippen molar-refractivity contribution in [3.8, 4) is 66.8 Å². The van der Waals surface area contributed by atoms with Gasteiger partial charge in [0.25, 0.3) is 6.67 Å². The van der Waals surface area contributed by atoms with E-state index in [9.17, 15) is 0 Å². The van der Waals surface area contributed by atoms with Gasteiger partial charge in [-0.15, -0.1) is 5.10 Å². The fourth-order valence-electron chi connectivity index (χ4n) is 7.89. The summed E-state index contributed by atoms with van der Waals surface area (Å²) in [6.07, 6.45) is 0. The van der Waals surface area contributed by atoms with Crippen LogP contribution in [0.4, 0.5) is 11.4 Å². The van der Waals surface area contributed by atoms with Crippen LogP contribution in [0.15, 0.2) is 247 Å². The van der Waals surface area contributed by atoms with E-state index in [0.29, 0.717) is 12.5 Å². The lowest BCUT2D eigenvalue weighted by atomic mass is 9.96. The number of hydrogen-bond acceptors (Lipinski definition) is 3. The van der Waals surface area contributed by atoms with Crippen molar-refractivity contribution in [2.75, 3.05) is 11.7 Å². The fraction of sp³-hybridized carbons (Fsp3) is 0.0179. The topological polar surface area (TPSA) is 31.0 Å². The SMILES string of the molecule is c1ccc(-c2cc(C3=NN(c4cc(-c5ccccc5)cc(-c5ccccc5)c4)C[N+](c4cc(-c5ccccc5)cc(-c5ccccc5)c4)=N3)cc(-c3ccccc3)c2)cc1. The predicted molar refractivity (Wildman–Crippen MR) is 248 cm³/mol. The van der Waals surface area contributed by atoms with Gasteiger partial charge >= 0.3 is 0 Å².